The standard InChI is InChI=1S/C31H28F3N3O3.C2HF3O2/c32-31(33,34)23-14-12-22(13-15-23)26-24-25(28(39)37(27(24)38)19-21-10-5-2-6-11-21)30(35-26)16-7-17-36(29(30)40)18-20-8-3-1-4-9-20;3-2(4,5)1(6)7/h1-6,8-15,24-26,35H,7,16-19H2;(H,6,7)/t24-,25-,26-,30-;/m1./s1. The monoisotopic (exact) mass is 661 g/mol. The molecule has 3 aliphatic heterocycles. The number of aliphatic carboxylic acids is 1. The largest absolute Gasteiger partial charge is 0.490 e. The number of amides is 3. The molecule has 3 heterocycles. The smallest absolute Gasteiger partial charge is 0.475 e. The summed E-state index contributed by atoms with van der Waals surface area (Å²) in [5.74, 6) is -5.71. The lowest BCUT2D eigenvalue weighted by Gasteiger charge is -2.42. The van der Waals surface area contributed by atoms with Gasteiger partial charge in [0.25, 0.3) is 0 Å². The van der Waals surface area contributed by atoms with Crippen molar-refractivity contribution < 1.29 is 50.6 Å². The van der Waals surface area contributed by atoms with Gasteiger partial charge in [-0.2, -0.15) is 26.3 Å². The van der Waals surface area contributed by atoms with Gasteiger partial charge in [-0.1, -0.05) is 72.8 Å². The molecule has 4 atom stereocenters. The van der Waals surface area contributed by atoms with Gasteiger partial charge in [-0.3, -0.25) is 24.6 Å². The van der Waals surface area contributed by atoms with Crippen molar-refractivity contribution in [3.8, 4) is 0 Å². The van der Waals surface area contributed by atoms with E-state index >= 15 is 0 Å². The van der Waals surface area contributed by atoms with Crippen molar-refractivity contribution in [2.75, 3.05) is 6.54 Å². The van der Waals surface area contributed by atoms with Crippen molar-refractivity contribution in [2.45, 2.75) is 49.9 Å². The summed E-state index contributed by atoms with van der Waals surface area (Å²) in [7, 11) is 0. The van der Waals surface area contributed by atoms with Gasteiger partial charge in [0.15, 0.2) is 0 Å². The van der Waals surface area contributed by atoms with Gasteiger partial charge in [0.2, 0.25) is 17.7 Å². The van der Waals surface area contributed by atoms with Crippen LogP contribution in [0.2, 0.25) is 0 Å². The lowest BCUT2D eigenvalue weighted by molar-refractivity contribution is -0.192. The Hall–Kier alpha value is -4.72. The van der Waals surface area contributed by atoms with Gasteiger partial charge in [-0.15, -0.1) is 0 Å². The number of nitrogens with one attached hydrogen (secondary N) is 1. The van der Waals surface area contributed by atoms with Crippen LogP contribution in [0.15, 0.2) is 84.9 Å². The fourth-order valence-corrected chi connectivity index (χ4v) is 6.57. The number of rotatable bonds is 5. The number of carbonyl (C=O) groups is 4. The Kier molecular flexibility index (Phi) is 9.18. The summed E-state index contributed by atoms with van der Waals surface area (Å²) >= 11 is 0. The van der Waals surface area contributed by atoms with Gasteiger partial charge < -0.3 is 10.0 Å². The van der Waals surface area contributed by atoms with Crippen LogP contribution < -0.4 is 5.32 Å². The Balaban J connectivity index is 0.000000559. The molecule has 2 N–H and O–H groups in total. The van der Waals surface area contributed by atoms with Crippen LogP contribution in [-0.2, 0) is 38.4 Å². The topological polar surface area (TPSA) is 107 Å². The highest BCUT2D eigenvalue weighted by atomic mass is 19.4. The molecule has 6 rings (SSSR count). The summed E-state index contributed by atoms with van der Waals surface area (Å²) < 4.78 is 71.5. The van der Waals surface area contributed by atoms with E-state index in [0.717, 1.165) is 23.3 Å². The summed E-state index contributed by atoms with van der Waals surface area (Å²) in [6, 6.07) is 22.5. The fraction of sp³-hybridized carbons (Fsp3) is 0.333. The number of alkyl halides is 6. The quantitative estimate of drug-likeness (QED) is 0.282. The minimum absolute atomic E-state index is 0.0727. The van der Waals surface area contributed by atoms with Crippen molar-refractivity contribution in [3.05, 3.63) is 107 Å². The van der Waals surface area contributed by atoms with E-state index in [1.165, 1.54) is 17.0 Å². The van der Waals surface area contributed by atoms with Crippen molar-refractivity contribution in [2.24, 2.45) is 11.8 Å². The van der Waals surface area contributed by atoms with E-state index in [9.17, 15) is 40.7 Å². The second-order valence-electron chi connectivity index (χ2n) is 11.6. The molecule has 3 fully saturated rings. The zero-order chi connectivity index (χ0) is 34.1. The molecule has 3 amide bonds. The van der Waals surface area contributed by atoms with Crippen LogP contribution in [0.3, 0.4) is 0 Å². The number of hydrogen-bond acceptors (Lipinski definition) is 5. The maximum absolute atomic E-state index is 14.2. The molecule has 0 radical (unpaired) electrons. The number of imide groups is 1. The molecular formula is C33H29F6N3O5. The van der Waals surface area contributed by atoms with Crippen LogP contribution in [0.1, 0.15) is 41.1 Å². The molecule has 0 bridgehead atoms. The number of carboxylic acids is 1. The number of benzene rings is 3. The third-order valence-corrected chi connectivity index (χ3v) is 8.65. The van der Waals surface area contributed by atoms with Crippen LogP contribution in [0.25, 0.3) is 0 Å². The van der Waals surface area contributed by atoms with Gasteiger partial charge in [-0.05, 0) is 41.7 Å². The lowest BCUT2D eigenvalue weighted by atomic mass is 9.74. The molecule has 14 heteroatoms. The molecule has 3 aromatic carbocycles. The highest BCUT2D eigenvalue weighted by Gasteiger charge is 2.69. The van der Waals surface area contributed by atoms with E-state index in [4.69, 9.17) is 9.90 Å². The van der Waals surface area contributed by atoms with Gasteiger partial charge >= 0.3 is 18.3 Å². The van der Waals surface area contributed by atoms with Crippen LogP contribution >= 0.6 is 0 Å². The van der Waals surface area contributed by atoms with Crippen molar-refractivity contribution in [3.63, 3.8) is 0 Å². The Morgan fingerprint density at radius 1 is 0.809 bits per heavy atom. The number of likely N-dealkylation sites (tertiary alicyclic amines) is 2. The third kappa shape index (κ3) is 6.73. The highest BCUT2D eigenvalue weighted by Crippen LogP contribution is 2.52. The molecule has 0 saturated carbocycles. The Labute approximate surface area is 265 Å². The van der Waals surface area contributed by atoms with E-state index in [0.29, 0.717) is 31.5 Å². The van der Waals surface area contributed by atoms with Gasteiger partial charge in [0.1, 0.15) is 5.54 Å². The number of piperidine rings is 1. The molecule has 47 heavy (non-hydrogen) atoms. The molecule has 0 aromatic heterocycles. The summed E-state index contributed by atoms with van der Waals surface area (Å²) in [6.07, 6.45) is -8.61. The summed E-state index contributed by atoms with van der Waals surface area (Å²) in [5.41, 5.74) is 0.0288. The Morgan fingerprint density at radius 3 is 1.85 bits per heavy atom. The van der Waals surface area contributed by atoms with Crippen LogP contribution in [-0.4, -0.2) is 56.9 Å². The van der Waals surface area contributed by atoms with Crippen LogP contribution in [0.4, 0.5) is 26.3 Å². The second kappa shape index (κ2) is 12.8. The second-order valence-corrected chi connectivity index (χ2v) is 11.6. The van der Waals surface area contributed by atoms with Gasteiger partial charge in [0.05, 0.1) is 23.9 Å². The first-order valence-corrected chi connectivity index (χ1v) is 14.6. The maximum atomic E-state index is 14.2. The molecule has 1 spiro atoms. The van der Waals surface area contributed by atoms with E-state index in [2.05, 4.69) is 5.32 Å². The average Bonchev–Trinajstić information content (AvgIpc) is 3.49. The Morgan fingerprint density at radius 2 is 1.34 bits per heavy atom. The molecule has 248 valence electrons. The number of carboxylic acid groups (broad SMARTS) is 1. The first kappa shape index (κ1) is 33.6. The molecule has 0 unspecified atom stereocenters. The molecular weight excluding hydrogens is 632 g/mol. The number of carbonyl (C=O) groups excluding carboxylic acids is 3. The SMILES string of the molecule is O=C(O)C(F)(F)F.O=C1[C@H]2[C@@H](c3ccc(C(F)(F)F)cc3)N[C@]3(CCCN(Cc4ccccc4)C3=O)[C@H]2C(=O)N1Cc1ccccc1. The normalized spacial score (nSPS) is 24.3. The molecule has 3 saturated heterocycles. The van der Waals surface area contributed by atoms with E-state index < -0.39 is 59.1 Å². The van der Waals surface area contributed by atoms with Gasteiger partial charge in [-0.25, -0.2) is 4.79 Å². The summed E-state index contributed by atoms with van der Waals surface area (Å²) in [5, 5.41) is 10.5. The number of halogens is 6. The van der Waals surface area contributed by atoms with Crippen LogP contribution in [0, 0.1) is 11.8 Å². The minimum Gasteiger partial charge on any atom is -0.475 e. The van der Waals surface area contributed by atoms with E-state index in [-0.39, 0.29) is 12.5 Å². The molecule has 0 aliphatic carbocycles. The zero-order valence-corrected chi connectivity index (χ0v) is 24.6. The number of fused-ring (bicyclic) bond motifs is 2. The number of nitrogens with zero attached hydrogens (tertiary/aromatic N) is 2. The highest BCUT2D eigenvalue weighted by molar-refractivity contribution is 6.10. The third-order valence-electron chi connectivity index (χ3n) is 8.65. The van der Waals surface area contributed by atoms with Crippen molar-refractivity contribution in [1.29, 1.82) is 0 Å². The summed E-state index contributed by atoms with van der Waals surface area (Å²) in [6.45, 7) is 0.944. The van der Waals surface area contributed by atoms with Gasteiger partial charge in [0, 0.05) is 19.1 Å². The molecule has 3 aliphatic rings. The van der Waals surface area contributed by atoms with E-state index in [1.54, 1.807) is 4.90 Å². The predicted molar refractivity (Wildman–Crippen MR) is 154 cm³/mol. The minimum atomic E-state index is -5.08. The fourth-order valence-electron chi connectivity index (χ4n) is 6.57. The van der Waals surface area contributed by atoms with Crippen LogP contribution in [0.5, 0.6) is 0 Å². The zero-order valence-electron chi connectivity index (χ0n) is 24.6. The average molecular weight is 662 g/mol. The summed E-state index contributed by atoms with van der Waals surface area (Å²) in [4.78, 5) is 53.9. The first-order valence-electron chi connectivity index (χ1n) is 14.6. The van der Waals surface area contributed by atoms with E-state index in [1.807, 2.05) is 60.7 Å². The first-order chi connectivity index (χ1) is 22.1. The number of hydrogen-bond donors (Lipinski definition) is 2. The Bertz CT molecular complexity index is 1630. The molecule has 8 nitrogen and oxygen atoms in total. The molecule has 3 aromatic rings. The maximum Gasteiger partial charge on any atom is 0.490 e. The van der Waals surface area contributed by atoms with Crippen molar-refractivity contribution in [1.82, 2.24) is 15.1 Å². The predicted octanol–water partition coefficient (Wildman–Crippen LogP) is 5.35. The van der Waals surface area contributed by atoms with Crippen molar-refractivity contribution >= 4 is 23.7 Å². The lowest BCUT2D eigenvalue weighted by Crippen LogP contribution is -2.63.